The Morgan fingerprint density at radius 1 is 1.00 bits per heavy atom. The fourth-order valence-electron chi connectivity index (χ4n) is 3.34. The van der Waals surface area contributed by atoms with Gasteiger partial charge in [-0.2, -0.15) is 8.61 Å². The van der Waals surface area contributed by atoms with Crippen LogP contribution >= 0.6 is 11.6 Å². The number of carbonyl (C=O) groups excluding carboxylic acids is 1. The number of amides is 1. The van der Waals surface area contributed by atoms with Gasteiger partial charge in [-0.3, -0.25) is 4.79 Å². The molecule has 2 aromatic rings. The van der Waals surface area contributed by atoms with Gasteiger partial charge in [-0.05, 0) is 48.9 Å². The zero-order chi connectivity index (χ0) is 24.4. The number of hydrogen-bond donors (Lipinski definition) is 2. The molecule has 1 heterocycles. The number of nitrogens with one attached hydrogen (secondary N) is 1. The van der Waals surface area contributed by atoms with E-state index in [-0.39, 0.29) is 37.5 Å². The van der Waals surface area contributed by atoms with Crippen LogP contribution in [0.1, 0.15) is 6.42 Å². The summed E-state index contributed by atoms with van der Waals surface area (Å²) in [6.45, 7) is -0.358. The van der Waals surface area contributed by atoms with Crippen molar-refractivity contribution in [3.05, 3.63) is 59.1 Å². The highest BCUT2D eigenvalue weighted by Crippen LogP contribution is 2.30. The molecule has 1 atom stereocenters. The molecule has 1 fully saturated rings. The van der Waals surface area contributed by atoms with E-state index in [0.717, 1.165) is 46.8 Å². The van der Waals surface area contributed by atoms with Crippen molar-refractivity contribution in [3.8, 4) is 0 Å². The van der Waals surface area contributed by atoms with Crippen LogP contribution in [0.3, 0.4) is 0 Å². The first kappa shape index (κ1) is 25.5. The molecular formula is C19H21ClF2N4O5S2. The number of sulfonamides is 2. The number of hydrogen-bond acceptors (Lipinski definition) is 6. The highest BCUT2D eigenvalue weighted by atomic mass is 35.5. The summed E-state index contributed by atoms with van der Waals surface area (Å²) in [5.74, 6) is -2.42. The summed E-state index contributed by atoms with van der Waals surface area (Å²) in [6.07, 6.45) is -1.73. The maximum atomic E-state index is 13.6. The van der Waals surface area contributed by atoms with E-state index in [9.17, 15) is 30.4 Å². The number of nitrogens with zero attached hydrogens (tertiary/aromatic N) is 2. The summed E-state index contributed by atoms with van der Waals surface area (Å²) >= 11 is 5.73. The van der Waals surface area contributed by atoms with Crippen LogP contribution in [0.15, 0.2) is 52.3 Å². The van der Waals surface area contributed by atoms with Gasteiger partial charge in [0, 0.05) is 26.2 Å². The molecule has 1 aliphatic rings. The molecular weight excluding hydrogens is 502 g/mol. The molecule has 3 N–H and O–H groups in total. The molecule has 1 unspecified atom stereocenters. The average Bonchev–Trinajstić information content (AvgIpc) is 2.79. The minimum Gasteiger partial charge on any atom is -0.352 e. The molecule has 0 bridgehead atoms. The van der Waals surface area contributed by atoms with Crippen LogP contribution in [0.5, 0.6) is 0 Å². The van der Waals surface area contributed by atoms with Crippen molar-refractivity contribution < 1.29 is 30.4 Å². The first-order valence-corrected chi connectivity index (χ1v) is 13.0. The molecule has 1 amide bonds. The van der Waals surface area contributed by atoms with E-state index in [1.165, 1.54) is 0 Å². The zero-order valence-electron chi connectivity index (χ0n) is 17.1. The summed E-state index contributed by atoms with van der Waals surface area (Å²) in [7, 11) is -8.88. The van der Waals surface area contributed by atoms with Crippen molar-refractivity contribution in [1.29, 1.82) is 0 Å². The summed E-state index contributed by atoms with van der Waals surface area (Å²) in [4.78, 5) is 12.3. The predicted octanol–water partition coefficient (Wildman–Crippen LogP) is 1.10. The Hall–Kier alpha value is -2.16. The van der Waals surface area contributed by atoms with Gasteiger partial charge in [0.15, 0.2) is 6.17 Å². The molecule has 0 aromatic heterocycles. The summed E-state index contributed by atoms with van der Waals surface area (Å²) in [5.41, 5.74) is 5.41. The molecule has 0 saturated carbocycles. The summed E-state index contributed by atoms with van der Waals surface area (Å²) in [5, 5.41) is 1.97. The minimum absolute atomic E-state index is 0.0312. The quantitative estimate of drug-likeness (QED) is 0.560. The van der Waals surface area contributed by atoms with Crippen LogP contribution in [-0.2, 0) is 24.8 Å². The zero-order valence-corrected chi connectivity index (χ0v) is 19.5. The summed E-state index contributed by atoms with van der Waals surface area (Å²) < 4.78 is 81.7. The molecule has 3 rings (SSSR count). The average molecular weight is 523 g/mol. The van der Waals surface area contributed by atoms with Gasteiger partial charge >= 0.3 is 0 Å². The molecule has 1 saturated heterocycles. The second kappa shape index (κ2) is 9.99. The first-order valence-electron chi connectivity index (χ1n) is 9.72. The number of halogens is 3. The number of rotatable bonds is 7. The largest absolute Gasteiger partial charge is 0.352 e. The second-order valence-electron chi connectivity index (χ2n) is 7.07. The number of nitrogens with two attached hydrogens (primary N) is 1. The second-order valence-corrected chi connectivity index (χ2v) is 11.3. The Balaban J connectivity index is 2.10. The van der Waals surface area contributed by atoms with Crippen LogP contribution in [0.25, 0.3) is 0 Å². The van der Waals surface area contributed by atoms with E-state index in [0.29, 0.717) is 4.31 Å². The lowest BCUT2D eigenvalue weighted by Gasteiger charge is -2.40. The highest BCUT2D eigenvalue weighted by molar-refractivity contribution is 7.90. The fourth-order valence-corrected chi connectivity index (χ4v) is 6.85. The van der Waals surface area contributed by atoms with Crippen LogP contribution in [0.4, 0.5) is 8.78 Å². The molecule has 0 aliphatic carbocycles. The molecule has 33 heavy (non-hydrogen) atoms. The molecule has 180 valence electrons. The molecule has 2 aromatic carbocycles. The smallest absolute Gasteiger partial charge is 0.254 e. The van der Waals surface area contributed by atoms with Crippen molar-refractivity contribution in [2.45, 2.75) is 22.4 Å². The lowest BCUT2D eigenvalue weighted by Crippen LogP contribution is -2.63. The Bertz CT molecular complexity index is 1240. The standard InChI is InChI=1S/C19H21ClF2N4O5S2/c20-16-12-15(6-7-17(16)22)33(30,31)26-11-1-10-25(19(26)18(27)24-9-8-23)32(28,29)14-4-2-13(21)3-5-14/h2-7,12,19H,1,8-11,23H2,(H,24,27). The lowest BCUT2D eigenvalue weighted by molar-refractivity contribution is -0.129. The van der Waals surface area contributed by atoms with Crippen molar-refractivity contribution >= 4 is 37.6 Å². The Morgan fingerprint density at radius 2 is 1.55 bits per heavy atom. The van der Waals surface area contributed by atoms with Crippen LogP contribution in [0.2, 0.25) is 5.02 Å². The van der Waals surface area contributed by atoms with Gasteiger partial charge in [0.05, 0.1) is 14.8 Å². The number of benzene rings is 2. The Morgan fingerprint density at radius 3 is 2.09 bits per heavy atom. The SMILES string of the molecule is NCCNC(=O)C1N(S(=O)(=O)c2ccc(F)cc2)CCCN1S(=O)(=O)c1ccc(F)c(Cl)c1. The van der Waals surface area contributed by atoms with Crippen LogP contribution in [0, 0.1) is 11.6 Å². The minimum atomic E-state index is -4.48. The maximum absolute atomic E-state index is 13.6. The van der Waals surface area contributed by atoms with E-state index >= 15 is 0 Å². The van der Waals surface area contributed by atoms with E-state index in [1.54, 1.807) is 0 Å². The van der Waals surface area contributed by atoms with Crippen molar-refractivity contribution in [2.24, 2.45) is 5.73 Å². The normalized spacial score (nSPS) is 18.2. The monoisotopic (exact) mass is 522 g/mol. The van der Waals surface area contributed by atoms with E-state index in [4.69, 9.17) is 17.3 Å². The lowest BCUT2D eigenvalue weighted by atomic mass is 10.3. The van der Waals surface area contributed by atoms with Gasteiger partial charge in [-0.15, -0.1) is 0 Å². The van der Waals surface area contributed by atoms with Crippen molar-refractivity contribution in [3.63, 3.8) is 0 Å². The third-order valence-electron chi connectivity index (χ3n) is 4.90. The van der Waals surface area contributed by atoms with Gasteiger partial charge in [0.1, 0.15) is 11.6 Å². The fraction of sp³-hybridized carbons (Fsp3) is 0.316. The molecule has 0 spiro atoms. The van der Waals surface area contributed by atoms with Gasteiger partial charge in [0.25, 0.3) is 5.91 Å². The third-order valence-corrected chi connectivity index (χ3v) is 8.91. The first-order chi connectivity index (χ1) is 15.5. The van der Waals surface area contributed by atoms with Crippen LogP contribution < -0.4 is 11.1 Å². The van der Waals surface area contributed by atoms with E-state index in [2.05, 4.69) is 5.32 Å². The van der Waals surface area contributed by atoms with Crippen LogP contribution in [-0.4, -0.2) is 63.7 Å². The van der Waals surface area contributed by atoms with E-state index in [1.807, 2.05) is 0 Å². The highest BCUT2D eigenvalue weighted by Gasteiger charge is 2.47. The van der Waals surface area contributed by atoms with E-state index < -0.39 is 53.7 Å². The van der Waals surface area contributed by atoms with Gasteiger partial charge < -0.3 is 11.1 Å². The predicted molar refractivity (Wildman–Crippen MR) is 116 cm³/mol. The summed E-state index contributed by atoms with van der Waals surface area (Å²) in [6, 6.07) is 6.63. The molecule has 14 heteroatoms. The molecule has 9 nitrogen and oxygen atoms in total. The van der Waals surface area contributed by atoms with Crippen molar-refractivity contribution in [1.82, 2.24) is 13.9 Å². The van der Waals surface area contributed by atoms with Gasteiger partial charge in [0.2, 0.25) is 20.0 Å². The molecule has 1 aliphatic heterocycles. The van der Waals surface area contributed by atoms with Crippen molar-refractivity contribution in [2.75, 3.05) is 26.2 Å². The number of carbonyl (C=O) groups is 1. The third kappa shape index (κ3) is 5.18. The van der Waals surface area contributed by atoms with Gasteiger partial charge in [-0.1, -0.05) is 11.6 Å². The van der Waals surface area contributed by atoms with Gasteiger partial charge in [-0.25, -0.2) is 25.6 Å². The Kier molecular flexibility index (Phi) is 7.71. The molecule has 0 radical (unpaired) electrons. The topological polar surface area (TPSA) is 130 Å². The Labute approximate surface area is 195 Å². The maximum Gasteiger partial charge on any atom is 0.254 e.